The van der Waals surface area contributed by atoms with Crippen molar-refractivity contribution in [2.45, 2.75) is 6.54 Å². The number of aromatic amines is 1. The largest absolute Gasteiger partial charge is 0.331 e. The lowest BCUT2D eigenvalue weighted by Gasteiger charge is -2.06. The van der Waals surface area contributed by atoms with E-state index in [4.69, 9.17) is 23.8 Å². The number of hydrogen-bond donors (Lipinski definition) is 1. The van der Waals surface area contributed by atoms with Gasteiger partial charge in [0.2, 0.25) is 0 Å². The molecule has 0 aliphatic heterocycles. The first kappa shape index (κ1) is 12.4. The summed E-state index contributed by atoms with van der Waals surface area (Å²) < 4.78 is 15.7. The van der Waals surface area contributed by atoms with Gasteiger partial charge in [-0.3, -0.25) is 0 Å². The van der Waals surface area contributed by atoms with E-state index in [0.717, 1.165) is 16.6 Å². The van der Waals surface area contributed by atoms with Gasteiger partial charge in [-0.1, -0.05) is 29.8 Å². The molecule has 1 N–H and O–H groups in total. The zero-order valence-electron chi connectivity index (χ0n) is 9.86. The van der Waals surface area contributed by atoms with Gasteiger partial charge < -0.3 is 9.55 Å². The number of imidazole rings is 1. The van der Waals surface area contributed by atoms with Crippen molar-refractivity contribution in [2.24, 2.45) is 0 Å². The van der Waals surface area contributed by atoms with Crippen LogP contribution in [0.4, 0.5) is 4.39 Å². The van der Waals surface area contributed by atoms with Crippen LogP contribution in [-0.4, -0.2) is 9.55 Å². The lowest BCUT2D eigenvalue weighted by molar-refractivity contribution is 0.623. The maximum absolute atomic E-state index is 13.2. The van der Waals surface area contributed by atoms with Crippen molar-refractivity contribution in [3.05, 3.63) is 63.6 Å². The van der Waals surface area contributed by atoms with Crippen molar-refractivity contribution in [3.8, 4) is 0 Å². The first-order valence-corrected chi connectivity index (χ1v) is 6.55. The zero-order valence-corrected chi connectivity index (χ0v) is 11.4. The number of aromatic nitrogens is 2. The lowest BCUT2D eigenvalue weighted by atomic mass is 10.2. The number of nitrogens with zero attached hydrogens (tertiary/aromatic N) is 1. The quantitative estimate of drug-likeness (QED) is 0.688. The van der Waals surface area contributed by atoms with E-state index in [1.165, 1.54) is 12.1 Å². The van der Waals surface area contributed by atoms with Crippen molar-refractivity contribution >= 4 is 34.9 Å². The van der Waals surface area contributed by atoms with Crippen molar-refractivity contribution in [1.29, 1.82) is 0 Å². The number of benzene rings is 2. The van der Waals surface area contributed by atoms with E-state index in [-0.39, 0.29) is 5.82 Å². The molecular weight excluding hydrogens is 283 g/mol. The second kappa shape index (κ2) is 4.79. The fourth-order valence-corrected chi connectivity index (χ4v) is 2.69. The Morgan fingerprint density at radius 2 is 2.00 bits per heavy atom. The molecule has 0 aliphatic rings. The van der Waals surface area contributed by atoms with E-state index in [9.17, 15) is 4.39 Å². The molecular formula is C14H10ClFN2S. The molecule has 1 aromatic heterocycles. The topological polar surface area (TPSA) is 20.7 Å². The normalized spacial score (nSPS) is 11.1. The molecule has 0 saturated heterocycles. The highest BCUT2D eigenvalue weighted by Gasteiger charge is 2.08. The van der Waals surface area contributed by atoms with Crippen LogP contribution in [0.25, 0.3) is 11.0 Å². The molecule has 0 bridgehead atoms. The third kappa shape index (κ3) is 2.29. The van der Waals surface area contributed by atoms with Crippen LogP contribution >= 0.6 is 23.8 Å². The summed E-state index contributed by atoms with van der Waals surface area (Å²) in [5, 5.41) is 0.626. The van der Waals surface area contributed by atoms with Crippen LogP contribution in [-0.2, 0) is 6.54 Å². The number of para-hydroxylation sites is 1. The van der Waals surface area contributed by atoms with Crippen molar-refractivity contribution in [1.82, 2.24) is 9.55 Å². The van der Waals surface area contributed by atoms with Crippen LogP contribution < -0.4 is 0 Å². The maximum atomic E-state index is 13.2. The number of fused-ring (bicyclic) bond motifs is 1. The standard InChI is InChI=1S/C14H10ClFN2S/c15-11-5-2-6-12-13(11)18(14(19)17-12)8-9-3-1-4-10(16)7-9/h1-7H,8H2,(H,17,19). The van der Waals surface area contributed by atoms with Crippen molar-refractivity contribution < 1.29 is 4.39 Å². The Hall–Kier alpha value is -1.65. The second-order valence-electron chi connectivity index (χ2n) is 4.28. The predicted molar refractivity (Wildman–Crippen MR) is 77.6 cm³/mol. The molecule has 5 heteroatoms. The van der Waals surface area contributed by atoms with Crippen LogP contribution in [0, 0.1) is 10.6 Å². The average molecular weight is 293 g/mol. The van der Waals surface area contributed by atoms with E-state index < -0.39 is 0 Å². The molecule has 0 spiro atoms. The van der Waals surface area contributed by atoms with Crippen molar-refractivity contribution in [3.63, 3.8) is 0 Å². The first-order valence-electron chi connectivity index (χ1n) is 5.76. The minimum absolute atomic E-state index is 0.255. The molecule has 0 saturated carbocycles. The van der Waals surface area contributed by atoms with Crippen LogP contribution in [0.1, 0.15) is 5.56 Å². The Balaban J connectivity index is 2.15. The van der Waals surface area contributed by atoms with Crippen LogP contribution in [0.5, 0.6) is 0 Å². The highest BCUT2D eigenvalue weighted by Crippen LogP contribution is 2.24. The SMILES string of the molecule is Fc1cccc(Cn2c(=S)[nH]c3cccc(Cl)c32)c1. The van der Waals surface area contributed by atoms with Gasteiger partial charge in [0.05, 0.1) is 22.6 Å². The summed E-state index contributed by atoms with van der Waals surface area (Å²) in [6.45, 7) is 0.486. The summed E-state index contributed by atoms with van der Waals surface area (Å²) in [4.78, 5) is 3.10. The predicted octanol–water partition coefficient (Wildman–Crippen LogP) is 4.54. The Kier molecular flexibility index (Phi) is 3.12. The molecule has 0 unspecified atom stereocenters. The number of H-pyrrole nitrogens is 1. The maximum Gasteiger partial charge on any atom is 0.178 e. The molecule has 0 fully saturated rings. The summed E-state index contributed by atoms with van der Waals surface area (Å²) >= 11 is 11.5. The fraction of sp³-hybridized carbons (Fsp3) is 0.0714. The summed E-state index contributed by atoms with van der Waals surface area (Å²) in [6.07, 6.45) is 0. The molecule has 0 atom stereocenters. The monoisotopic (exact) mass is 292 g/mol. The molecule has 2 aromatic carbocycles. The number of hydrogen-bond acceptors (Lipinski definition) is 1. The van der Waals surface area contributed by atoms with Gasteiger partial charge in [0.15, 0.2) is 4.77 Å². The molecule has 0 amide bonds. The van der Waals surface area contributed by atoms with Crippen LogP contribution in [0.2, 0.25) is 5.02 Å². The highest BCUT2D eigenvalue weighted by molar-refractivity contribution is 7.71. The molecule has 3 aromatic rings. The smallest absolute Gasteiger partial charge is 0.178 e. The van der Waals surface area contributed by atoms with Crippen LogP contribution in [0.3, 0.4) is 0 Å². The summed E-state index contributed by atoms with van der Waals surface area (Å²) in [6, 6.07) is 12.1. The van der Waals surface area contributed by atoms with Gasteiger partial charge in [-0.25, -0.2) is 4.39 Å². The van der Waals surface area contributed by atoms with Gasteiger partial charge in [0.1, 0.15) is 5.82 Å². The number of rotatable bonds is 2. The first-order chi connectivity index (χ1) is 9.15. The highest BCUT2D eigenvalue weighted by atomic mass is 35.5. The van der Waals surface area contributed by atoms with E-state index in [0.29, 0.717) is 16.3 Å². The molecule has 2 nitrogen and oxygen atoms in total. The van der Waals surface area contributed by atoms with Gasteiger partial charge in [-0.15, -0.1) is 0 Å². The van der Waals surface area contributed by atoms with Gasteiger partial charge >= 0.3 is 0 Å². The minimum Gasteiger partial charge on any atom is -0.331 e. The van der Waals surface area contributed by atoms with E-state index in [1.807, 2.05) is 28.8 Å². The minimum atomic E-state index is -0.255. The van der Waals surface area contributed by atoms with Crippen molar-refractivity contribution in [2.75, 3.05) is 0 Å². The molecule has 96 valence electrons. The average Bonchev–Trinajstić information content (AvgIpc) is 2.67. The zero-order chi connectivity index (χ0) is 13.4. The van der Waals surface area contributed by atoms with E-state index >= 15 is 0 Å². The fourth-order valence-electron chi connectivity index (χ4n) is 2.14. The Morgan fingerprint density at radius 1 is 1.21 bits per heavy atom. The van der Waals surface area contributed by atoms with Gasteiger partial charge in [-0.05, 0) is 42.0 Å². The third-order valence-corrected chi connectivity index (χ3v) is 3.60. The molecule has 1 heterocycles. The lowest BCUT2D eigenvalue weighted by Crippen LogP contribution is -2.00. The molecule has 3 rings (SSSR count). The van der Waals surface area contributed by atoms with E-state index in [1.54, 1.807) is 6.07 Å². The Morgan fingerprint density at radius 3 is 2.79 bits per heavy atom. The second-order valence-corrected chi connectivity index (χ2v) is 5.08. The Bertz CT molecular complexity index is 807. The van der Waals surface area contributed by atoms with Gasteiger partial charge in [0.25, 0.3) is 0 Å². The van der Waals surface area contributed by atoms with E-state index in [2.05, 4.69) is 4.98 Å². The number of halogens is 2. The summed E-state index contributed by atoms with van der Waals surface area (Å²) in [5.41, 5.74) is 2.57. The Labute approximate surface area is 119 Å². The van der Waals surface area contributed by atoms with Gasteiger partial charge in [0, 0.05) is 0 Å². The number of nitrogens with one attached hydrogen (secondary N) is 1. The summed E-state index contributed by atoms with van der Waals surface area (Å²) in [5.74, 6) is -0.255. The summed E-state index contributed by atoms with van der Waals surface area (Å²) in [7, 11) is 0. The van der Waals surface area contributed by atoms with Crippen LogP contribution in [0.15, 0.2) is 42.5 Å². The molecule has 0 radical (unpaired) electrons. The van der Waals surface area contributed by atoms with Gasteiger partial charge in [-0.2, -0.15) is 0 Å². The third-order valence-electron chi connectivity index (χ3n) is 2.97. The molecule has 19 heavy (non-hydrogen) atoms. The molecule has 0 aliphatic carbocycles.